The Balaban J connectivity index is 2.19. The van der Waals surface area contributed by atoms with Crippen molar-refractivity contribution >= 4 is 39.3 Å². The van der Waals surface area contributed by atoms with Gasteiger partial charge in [0.2, 0.25) is 0 Å². The van der Waals surface area contributed by atoms with Gasteiger partial charge in [-0.05, 0) is 43.0 Å². The molecule has 0 aliphatic rings. The zero-order chi connectivity index (χ0) is 19.2. The van der Waals surface area contributed by atoms with Gasteiger partial charge in [-0.25, -0.2) is 4.98 Å². The summed E-state index contributed by atoms with van der Waals surface area (Å²) in [5, 5.41) is 18.7. The third-order valence-electron chi connectivity index (χ3n) is 2.97. The van der Waals surface area contributed by atoms with Crippen LogP contribution in [0.25, 0.3) is 0 Å². The smallest absolute Gasteiger partial charge is 0.258 e. The predicted molar refractivity (Wildman–Crippen MR) is 97.9 cm³/mol. The summed E-state index contributed by atoms with van der Waals surface area (Å²) in [5.74, 6) is 0. The van der Waals surface area contributed by atoms with Gasteiger partial charge in [-0.15, -0.1) is 5.10 Å². The van der Waals surface area contributed by atoms with Crippen LogP contribution in [-0.2, 0) is 14.3 Å². The van der Waals surface area contributed by atoms with Crippen molar-refractivity contribution in [1.82, 2.24) is 4.98 Å². The van der Waals surface area contributed by atoms with Crippen LogP contribution in [0.3, 0.4) is 0 Å². The summed E-state index contributed by atoms with van der Waals surface area (Å²) in [4.78, 5) is 13.9. The molecule has 1 aromatic heterocycles. The largest absolute Gasteiger partial charge is 0.297 e. The topological polar surface area (TPSA) is 124 Å². The summed E-state index contributed by atoms with van der Waals surface area (Å²) in [6, 6.07) is 9.62. The molecule has 0 unspecified atom stereocenters. The van der Waals surface area contributed by atoms with E-state index in [4.69, 9.17) is 4.18 Å². The monoisotopic (exact) mass is 394 g/mol. The normalized spacial score (nSPS) is 13.2. The molecular formula is C15H14N4O5S2. The van der Waals surface area contributed by atoms with Crippen molar-refractivity contribution in [3.63, 3.8) is 0 Å². The van der Waals surface area contributed by atoms with Crippen LogP contribution in [0.15, 0.2) is 68.8 Å². The molecule has 11 heteroatoms. The zero-order valence-electron chi connectivity index (χ0n) is 13.5. The van der Waals surface area contributed by atoms with Crippen LogP contribution in [0.2, 0.25) is 0 Å². The van der Waals surface area contributed by atoms with Crippen molar-refractivity contribution < 1.29 is 17.5 Å². The minimum absolute atomic E-state index is 0.205. The van der Waals surface area contributed by atoms with Crippen LogP contribution in [0.1, 0.15) is 6.92 Å². The highest BCUT2D eigenvalue weighted by molar-refractivity contribution is 8.14. The molecule has 0 bridgehead atoms. The minimum Gasteiger partial charge on any atom is -0.258 e. The summed E-state index contributed by atoms with van der Waals surface area (Å²) >= 11 is 1.09. The van der Waals surface area contributed by atoms with Crippen molar-refractivity contribution in [2.45, 2.75) is 22.9 Å². The van der Waals surface area contributed by atoms with E-state index in [9.17, 15) is 18.5 Å². The average molecular weight is 394 g/mol. The first-order valence-electron chi connectivity index (χ1n) is 7.13. The number of hydrogen-bond acceptors (Lipinski definition) is 9. The molecule has 2 aromatic rings. The SMILES string of the molecule is C=N/N=C(\Sc1ccccn1)[C@@H](C)OS(=O)(=O)c1ccc([N+](=O)[O-])cc1. The Morgan fingerprint density at radius 2 is 2.00 bits per heavy atom. The fourth-order valence-corrected chi connectivity index (χ4v) is 3.69. The molecule has 0 fully saturated rings. The molecule has 1 heterocycles. The number of nitro benzene ring substituents is 1. The number of non-ortho nitro benzene ring substituents is 1. The molecule has 0 N–H and O–H groups in total. The maximum Gasteiger partial charge on any atom is 0.297 e. The van der Waals surface area contributed by atoms with Crippen molar-refractivity contribution in [3.8, 4) is 0 Å². The second kappa shape index (κ2) is 8.65. The maximum atomic E-state index is 12.4. The molecule has 1 atom stereocenters. The highest BCUT2D eigenvalue weighted by Gasteiger charge is 2.24. The minimum atomic E-state index is -4.16. The molecule has 0 amide bonds. The Hall–Kier alpha value is -2.63. The number of hydrogen-bond donors (Lipinski definition) is 0. The summed E-state index contributed by atoms with van der Waals surface area (Å²) in [5.41, 5.74) is -0.221. The van der Waals surface area contributed by atoms with E-state index < -0.39 is 21.1 Å². The Morgan fingerprint density at radius 1 is 1.31 bits per heavy atom. The van der Waals surface area contributed by atoms with Gasteiger partial charge < -0.3 is 0 Å². The quantitative estimate of drug-likeness (QED) is 0.177. The van der Waals surface area contributed by atoms with Gasteiger partial charge >= 0.3 is 0 Å². The Morgan fingerprint density at radius 3 is 2.54 bits per heavy atom. The van der Waals surface area contributed by atoms with Crippen LogP contribution in [0.4, 0.5) is 5.69 Å². The lowest BCUT2D eigenvalue weighted by Crippen LogP contribution is -2.22. The third kappa shape index (κ3) is 5.18. The summed E-state index contributed by atoms with van der Waals surface area (Å²) < 4.78 is 29.9. The van der Waals surface area contributed by atoms with Gasteiger partial charge in [0.1, 0.15) is 16.2 Å². The number of thioether (sulfide) groups is 1. The first-order valence-corrected chi connectivity index (χ1v) is 9.36. The van der Waals surface area contributed by atoms with E-state index in [0.717, 1.165) is 36.0 Å². The molecule has 0 aliphatic heterocycles. The molecule has 1 aromatic carbocycles. The van der Waals surface area contributed by atoms with Crippen LogP contribution in [0.5, 0.6) is 0 Å². The van der Waals surface area contributed by atoms with E-state index in [0.29, 0.717) is 5.03 Å². The molecule has 0 spiro atoms. The Kier molecular flexibility index (Phi) is 6.55. The van der Waals surface area contributed by atoms with Gasteiger partial charge in [-0.1, -0.05) is 6.07 Å². The predicted octanol–water partition coefficient (Wildman–Crippen LogP) is 2.89. The number of rotatable bonds is 7. The van der Waals surface area contributed by atoms with E-state index in [2.05, 4.69) is 21.9 Å². The van der Waals surface area contributed by atoms with E-state index in [1.54, 1.807) is 24.4 Å². The van der Waals surface area contributed by atoms with E-state index in [1.807, 2.05) is 0 Å². The van der Waals surface area contributed by atoms with Gasteiger partial charge in [0.25, 0.3) is 15.8 Å². The van der Waals surface area contributed by atoms with Crippen LogP contribution in [0, 0.1) is 10.1 Å². The van der Waals surface area contributed by atoms with Crippen LogP contribution in [-0.4, -0.2) is 36.2 Å². The van der Waals surface area contributed by atoms with Gasteiger partial charge in [-0.2, -0.15) is 13.5 Å². The molecular weight excluding hydrogens is 380 g/mol. The maximum absolute atomic E-state index is 12.4. The summed E-state index contributed by atoms with van der Waals surface area (Å²) in [6.07, 6.45) is 0.619. The number of nitrogens with zero attached hydrogens (tertiary/aromatic N) is 4. The second-order valence-electron chi connectivity index (χ2n) is 4.79. The highest BCUT2D eigenvalue weighted by atomic mass is 32.2. The highest BCUT2D eigenvalue weighted by Crippen LogP contribution is 2.24. The third-order valence-corrected chi connectivity index (χ3v) is 5.44. The number of aromatic nitrogens is 1. The number of benzene rings is 1. The van der Waals surface area contributed by atoms with Crippen molar-refractivity contribution in [3.05, 3.63) is 58.8 Å². The molecule has 0 saturated heterocycles. The van der Waals surface area contributed by atoms with Crippen molar-refractivity contribution in [1.29, 1.82) is 0 Å². The van der Waals surface area contributed by atoms with Gasteiger partial charge in [-0.3, -0.25) is 14.3 Å². The zero-order valence-corrected chi connectivity index (χ0v) is 15.2. The van der Waals surface area contributed by atoms with E-state index in [1.165, 1.54) is 6.92 Å². The Labute approximate surface area is 154 Å². The molecule has 2 rings (SSSR count). The lowest BCUT2D eigenvalue weighted by atomic mass is 10.3. The summed E-state index contributed by atoms with van der Waals surface area (Å²) in [6.45, 7) is 4.75. The summed E-state index contributed by atoms with van der Waals surface area (Å²) in [7, 11) is -4.16. The van der Waals surface area contributed by atoms with Gasteiger partial charge in [0.05, 0.1) is 9.82 Å². The Bertz CT molecular complexity index is 915. The molecule has 136 valence electrons. The van der Waals surface area contributed by atoms with Crippen LogP contribution < -0.4 is 0 Å². The van der Waals surface area contributed by atoms with E-state index in [-0.39, 0.29) is 15.6 Å². The molecule has 26 heavy (non-hydrogen) atoms. The molecule has 0 saturated carbocycles. The van der Waals surface area contributed by atoms with Crippen LogP contribution >= 0.6 is 11.8 Å². The van der Waals surface area contributed by atoms with Gasteiger partial charge in [0, 0.05) is 25.0 Å². The van der Waals surface area contributed by atoms with Crippen molar-refractivity contribution in [2.24, 2.45) is 10.2 Å². The number of nitro groups is 1. The molecule has 9 nitrogen and oxygen atoms in total. The van der Waals surface area contributed by atoms with Crippen molar-refractivity contribution in [2.75, 3.05) is 0 Å². The molecule has 0 aliphatic carbocycles. The number of pyridine rings is 1. The lowest BCUT2D eigenvalue weighted by Gasteiger charge is -2.14. The average Bonchev–Trinajstić information content (AvgIpc) is 2.62. The fourth-order valence-electron chi connectivity index (χ4n) is 1.79. The lowest BCUT2D eigenvalue weighted by molar-refractivity contribution is -0.384. The fraction of sp³-hybridized carbons (Fsp3) is 0.133. The second-order valence-corrected chi connectivity index (χ2v) is 7.41. The van der Waals surface area contributed by atoms with Gasteiger partial charge in [0.15, 0.2) is 0 Å². The first kappa shape index (κ1) is 19.7. The molecule has 0 radical (unpaired) electrons. The standard InChI is InChI=1S/C15H14N4O5S2/c1-11(15(18-16-2)25-14-5-3-4-10-17-14)24-26(22,23)13-8-6-12(7-9-13)19(20)21/h3-11H,2H2,1H3/b18-15-/t11-/m1/s1. The van der Waals surface area contributed by atoms with E-state index >= 15 is 0 Å². The first-order chi connectivity index (χ1) is 12.3.